The zero-order valence-corrected chi connectivity index (χ0v) is 17.1. The third-order valence-electron chi connectivity index (χ3n) is 4.55. The van der Waals surface area contributed by atoms with Crippen LogP contribution in [-0.4, -0.2) is 19.4 Å². The maximum Gasteiger partial charge on any atom is 0.160 e. The van der Waals surface area contributed by atoms with E-state index in [4.69, 9.17) is 4.74 Å². The van der Waals surface area contributed by atoms with Crippen LogP contribution in [0.25, 0.3) is 12.2 Å². The van der Waals surface area contributed by atoms with E-state index in [-0.39, 0.29) is 0 Å². The van der Waals surface area contributed by atoms with Gasteiger partial charge < -0.3 is 9.64 Å². The van der Waals surface area contributed by atoms with Crippen LogP contribution in [0.1, 0.15) is 39.5 Å². The van der Waals surface area contributed by atoms with E-state index in [0.717, 1.165) is 51.7 Å². The fraction of sp³-hybridized carbons (Fsp3) is 0.208. The van der Waals surface area contributed by atoms with Gasteiger partial charge in [-0.25, -0.2) is 0 Å². The summed E-state index contributed by atoms with van der Waals surface area (Å²) in [4.78, 5) is 15.0. The van der Waals surface area contributed by atoms with Gasteiger partial charge in [-0.1, -0.05) is 30.3 Å². The van der Waals surface area contributed by atoms with Crippen LogP contribution in [0, 0.1) is 0 Å². The predicted molar refractivity (Wildman–Crippen MR) is 119 cm³/mol. The normalized spacial score (nSPS) is 10.9. The Morgan fingerprint density at radius 2 is 1.68 bits per heavy atom. The molecule has 1 heterocycles. The molecule has 0 aliphatic heterocycles. The lowest BCUT2D eigenvalue weighted by Gasteiger charge is -2.22. The first kappa shape index (κ1) is 19.9. The molecule has 0 saturated heterocycles. The molecule has 28 heavy (non-hydrogen) atoms. The Morgan fingerprint density at radius 1 is 0.929 bits per heavy atom. The molecular formula is C24H25NO2S. The molecule has 0 spiro atoms. The van der Waals surface area contributed by atoms with E-state index in [2.05, 4.69) is 49.1 Å². The Kier molecular flexibility index (Phi) is 7.04. The number of carbonyl (C=O) groups is 1. The average Bonchev–Trinajstić information content (AvgIpc) is 3.21. The molecule has 0 saturated carbocycles. The summed E-state index contributed by atoms with van der Waals surface area (Å²) in [5.74, 6) is 0.858. The summed E-state index contributed by atoms with van der Waals surface area (Å²) in [6, 6.07) is 20.3. The van der Waals surface area contributed by atoms with Crippen molar-refractivity contribution in [2.75, 3.05) is 18.0 Å². The van der Waals surface area contributed by atoms with E-state index < -0.39 is 0 Å². The number of aldehydes is 1. The van der Waals surface area contributed by atoms with Gasteiger partial charge in [-0.05, 0) is 55.8 Å². The number of nitrogens with zero attached hydrogens (tertiary/aromatic N) is 1. The van der Waals surface area contributed by atoms with Gasteiger partial charge in [-0.15, -0.1) is 11.3 Å². The van der Waals surface area contributed by atoms with Crippen molar-refractivity contribution >= 4 is 35.5 Å². The van der Waals surface area contributed by atoms with Gasteiger partial charge in [-0.3, -0.25) is 4.79 Å². The third kappa shape index (κ3) is 5.11. The van der Waals surface area contributed by atoms with Crippen LogP contribution in [-0.2, 0) is 6.61 Å². The van der Waals surface area contributed by atoms with E-state index in [1.54, 1.807) is 0 Å². The number of ether oxygens (including phenoxy) is 1. The van der Waals surface area contributed by atoms with Gasteiger partial charge in [0, 0.05) is 35.3 Å². The molecule has 4 heteroatoms. The highest BCUT2D eigenvalue weighted by atomic mass is 32.1. The Balaban J connectivity index is 1.87. The highest BCUT2D eigenvalue weighted by molar-refractivity contribution is 7.14. The van der Waals surface area contributed by atoms with Gasteiger partial charge in [0.25, 0.3) is 0 Å². The Bertz CT molecular complexity index is 927. The van der Waals surface area contributed by atoms with Gasteiger partial charge in [0.2, 0.25) is 0 Å². The molecule has 0 aliphatic carbocycles. The van der Waals surface area contributed by atoms with Crippen LogP contribution in [0.4, 0.5) is 5.69 Å². The van der Waals surface area contributed by atoms with Crippen molar-refractivity contribution in [3.05, 3.63) is 81.5 Å². The van der Waals surface area contributed by atoms with Crippen molar-refractivity contribution < 1.29 is 9.53 Å². The van der Waals surface area contributed by atoms with Crippen molar-refractivity contribution in [1.82, 2.24) is 0 Å². The lowest BCUT2D eigenvalue weighted by atomic mass is 10.1. The summed E-state index contributed by atoms with van der Waals surface area (Å²) in [6.45, 7) is 6.74. The molecule has 144 valence electrons. The first-order chi connectivity index (χ1) is 13.7. The number of hydrogen-bond acceptors (Lipinski definition) is 4. The highest BCUT2D eigenvalue weighted by Gasteiger charge is 2.08. The fourth-order valence-corrected chi connectivity index (χ4v) is 3.73. The molecule has 0 bridgehead atoms. The minimum absolute atomic E-state index is 0.525. The molecule has 0 aliphatic rings. The monoisotopic (exact) mass is 391 g/mol. The van der Waals surface area contributed by atoms with Crippen LogP contribution in [0.5, 0.6) is 5.75 Å². The Morgan fingerprint density at radius 3 is 2.36 bits per heavy atom. The quantitative estimate of drug-likeness (QED) is 0.409. The fourth-order valence-electron chi connectivity index (χ4n) is 3.00. The lowest BCUT2D eigenvalue weighted by Crippen LogP contribution is -2.21. The van der Waals surface area contributed by atoms with Gasteiger partial charge in [0.05, 0.1) is 4.88 Å². The van der Waals surface area contributed by atoms with Crippen LogP contribution < -0.4 is 9.64 Å². The summed E-state index contributed by atoms with van der Waals surface area (Å²) >= 11 is 1.48. The zero-order chi connectivity index (χ0) is 19.8. The number of anilines is 1. The van der Waals surface area contributed by atoms with E-state index in [1.165, 1.54) is 11.3 Å². The van der Waals surface area contributed by atoms with Gasteiger partial charge >= 0.3 is 0 Å². The van der Waals surface area contributed by atoms with Crippen LogP contribution in [0.15, 0.2) is 60.7 Å². The molecule has 0 N–H and O–H groups in total. The van der Waals surface area contributed by atoms with E-state index in [1.807, 2.05) is 42.5 Å². The standard InChI is InChI=1S/C24H25NO2S/c1-3-25(4-2)21-12-10-20(11-13-22-14-15-23(17-26)28-22)24(16-21)27-18-19-8-6-5-7-9-19/h5-17H,3-4,18H2,1-2H3. The SMILES string of the molecule is CCN(CC)c1ccc(C=Cc2ccc(C=O)s2)c(OCc2ccccc2)c1. The average molecular weight is 392 g/mol. The van der Waals surface area contributed by atoms with Crippen LogP contribution in [0.2, 0.25) is 0 Å². The molecule has 0 amide bonds. The molecular weight excluding hydrogens is 366 g/mol. The summed E-state index contributed by atoms with van der Waals surface area (Å²) in [7, 11) is 0. The Hall–Kier alpha value is -2.85. The summed E-state index contributed by atoms with van der Waals surface area (Å²) < 4.78 is 6.19. The smallest absolute Gasteiger partial charge is 0.160 e. The molecule has 0 radical (unpaired) electrons. The summed E-state index contributed by atoms with van der Waals surface area (Å²) in [5, 5.41) is 0. The predicted octanol–water partition coefficient (Wildman–Crippen LogP) is 6.16. The second-order valence-electron chi connectivity index (χ2n) is 6.36. The van der Waals surface area contributed by atoms with Gasteiger partial charge in [0.1, 0.15) is 12.4 Å². The Labute approximate surface area is 170 Å². The van der Waals surface area contributed by atoms with E-state index in [0.29, 0.717) is 6.61 Å². The molecule has 0 atom stereocenters. The maximum atomic E-state index is 10.9. The third-order valence-corrected chi connectivity index (χ3v) is 5.53. The van der Waals surface area contributed by atoms with E-state index in [9.17, 15) is 4.79 Å². The number of carbonyl (C=O) groups excluding carboxylic acids is 1. The molecule has 3 rings (SSSR count). The van der Waals surface area contributed by atoms with Crippen molar-refractivity contribution in [3.8, 4) is 5.75 Å². The lowest BCUT2D eigenvalue weighted by molar-refractivity contribution is 0.112. The number of benzene rings is 2. The van der Waals surface area contributed by atoms with Gasteiger partial charge in [-0.2, -0.15) is 0 Å². The number of thiophene rings is 1. The minimum Gasteiger partial charge on any atom is -0.488 e. The number of hydrogen-bond donors (Lipinski definition) is 0. The molecule has 0 fully saturated rings. The second-order valence-corrected chi connectivity index (χ2v) is 7.51. The van der Waals surface area contributed by atoms with Crippen molar-refractivity contribution in [2.45, 2.75) is 20.5 Å². The first-order valence-electron chi connectivity index (χ1n) is 9.52. The number of rotatable bonds is 9. The minimum atomic E-state index is 0.525. The van der Waals surface area contributed by atoms with Crippen LogP contribution >= 0.6 is 11.3 Å². The van der Waals surface area contributed by atoms with Crippen molar-refractivity contribution in [2.24, 2.45) is 0 Å². The van der Waals surface area contributed by atoms with Gasteiger partial charge in [0.15, 0.2) is 6.29 Å². The largest absolute Gasteiger partial charge is 0.488 e. The second kappa shape index (κ2) is 9.90. The first-order valence-corrected chi connectivity index (χ1v) is 10.3. The topological polar surface area (TPSA) is 29.5 Å². The zero-order valence-electron chi connectivity index (χ0n) is 16.3. The van der Waals surface area contributed by atoms with Crippen molar-refractivity contribution in [1.29, 1.82) is 0 Å². The molecule has 3 aromatic rings. The van der Waals surface area contributed by atoms with E-state index >= 15 is 0 Å². The molecule has 1 aromatic heterocycles. The summed E-state index contributed by atoms with van der Waals surface area (Å²) in [6.07, 6.45) is 4.96. The molecule has 0 unspecified atom stereocenters. The van der Waals surface area contributed by atoms with Crippen LogP contribution in [0.3, 0.4) is 0 Å². The highest BCUT2D eigenvalue weighted by Crippen LogP contribution is 2.29. The molecule has 3 nitrogen and oxygen atoms in total. The molecule has 2 aromatic carbocycles. The van der Waals surface area contributed by atoms with Crippen molar-refractivity contribution in [3.63, 3.8) is 0 Å². The summed E-state index contributed by atoms with van der Waals surface area (Å²) in [5.41, 5.74) is 3.32. The maximum absolute atomic E-state index is 10.9.